The quantitative estimate of drug-likeness (QED) is 0.519. The van der Waals surface area contributed by atoms with Crippen LogP contribution in [0.4, 0.5) is 4.79 Å². The smallest absolute Gasteiger partial charge is 0.323 e. The third-order valence-corrected chi connectivity index (χ3v) is 1.59. The largest absolute Gasteiger partial charge is 0.431 e. The number of carbonyl (C=O) groups is 1. The molecule has 0 saturated heterocycles. The lowest BCUT2D eigenvalue weighted by atomic mass is 10.2. The lowest BCUT2D eigenvalue weighted by Crippen LogP contribution is -2.32. The normalized spacial score (nSPS) is 16.2. The molecule has 2 N–H and O–H groups in total. The molecule has 0 radical (unpaired) electrons. The van der Waals surface area contributed by atoms with Gasteiger partial charge in [-0.2, -0.15) is 0 Å². The molecule has 0 aromatic rings. The third kappa shape index (κ3) is 2.77. The van der Waals surface area contributed by atoms with E-state index in [2.05, 4.69) is 20.6 Å². The van der Waals surface area contributed by atoms with E-state index in [-0.39, 0.29) is 0 Å². The summed E-state index contributed by atoms with van der Waals surface area (Å²) < 4.78 is 0. The number of carbonyl (C=O) groups excluding carboxylic acids is 1. The zero-order valence-corrected chi connectivity index (χ0v) is 7.09. The number of aliphatic imine (C=N–C) groups is 1. The number of nitrogens with one attached hydrogen (secondary N) is 2. The Morgan fingerprint density at radius 1 is 1.58 bits per heavy atom. The fraction of sp³-hybridized carbons (Fsp3) is 0.714. The molecule has 0 fully saturated rings. The van der Waals surface area contributed by atoms with Crippen LogP contribution in [0.3, 0.4) is 0 Å². The minimum atomic E-state index is -0.497. The van der Waals surface area contributed by atoms with Gasteiger partial charge >= 0.3 is 6.09 Å². The molecule has 1 heterocycles. The second kappa shape index (κ2) is 4.58. The number of amides is 1. The van der Waals surface area contributed by atoms with E-state index < -0.39 is 6.09 Å². The van der Waals surface area contributed by atoms with Gasteiger partial charge in [-0.15, -0.1) is 0 Å². The first kappa shape index (κ1) is 8.83. The van der Waals surface area contributed by atoms with Crippen LogP contribution in [0.25, 0.3) is 0 Å². The summed E-state index contributed by atoms with van der Waals surface area (Å²) in [7, 11) is 1.51. The molecule has 12 heavy (non-hydrogen) atoms. The topological polar surface area (TPSA) is 62.7 Å². The highest BCUT2D eigenvalue weighted by Crippen LogP contribution is 2.03. The maximum atomic E-state index is 10.6. The summed E-state index contributed by atoms with van der Waals surface area (Å²) in [5, 5.41) is 2.33. The number of amidine groups is 1. The van der Waals surface area contributed by atoms with Gasteiger partial charge in [-0.05, 0) is 12.8 Å². The number of hydrogen-bond acceptors (Lipinski definition) is 4. The zero-order valence-electron chi connectivity index (χ0n) is 7.09. The lowest BCUT2D eigenvalue weighted by molar-refractivity contribution is 0.121. The van der Waals surface area contributed by atoms with Crippen molar-refractivity contribution in [2.75, 3.05) is 13.6 Å². The summed E-state index contributed by atoms with van der Waals surface area (Å²) in [5.41, 5.74) is 2.51. The van der Waals surface area contributed by atoms with Crippen molar-refractivity contribution >= 4 is 11.9 Å². The summed E-state index contributed by atoms with van der Waals surface area (Å²) in [6.45, 7) is 0.819. The average Bonchev–Trinajstić information content (AvgIpc) is 2.16. The van der Waals surface area contributed by atoms with Crippen LogP contribution >= 0.6 is 0 Å². The number of nitrogens with zero attached hydrogens (tertiary/aromatic N) is 1. The van der Waals surface area contributed by atoms with E-state index >= 15 is 0 Å². The highest BCUT2D eigenvalue weighted by Gasteiger charge is 2.06. The van der Waals surface area contributed by atoms with Gasteiger partial charge in [0.05, 0.1) is 0 Å². The Morgan fingerprint density at radius 2 is 2.42 bits per heavy atom. The van der Waals surface area contributed by atoms with Crippen LogP contribution in [0.1, 0.15) is 19.3 Å². The van der Waals surface area contributed by atoms with Gasteiger partial charge < -0.3 is 10.2 Å². The highest BCUT2D eigenvalue weighted by atomic mass is 16.7. The summed E-state index contributed by atoms with van der Waals surface area (Å²) in [5.74, 6) is 0.754. The zero-order chi connectivity index (χ0) is 8.81. The van der Waals surface area contributed by atoms with E-state index in [9.17, 15) is 4.79 Å². The monoisotopic (exact) mass is 171 g/mol. The van der Waals surface area contributed by atoms with Crippen molar-refractivity contribution in [2.24, 2.45) is 4.99 Å². The molecule has 0 saturated carbocycles. The molecule has 5 nitrogen and oxygen atoms in total. The van der Waals surface area contributed by atoms with Gasteiger partial charge in [-0.1, -0.05) is 0 Å². The highest BCUT2D eigenvalue weighted by molar-refractivity contribution is 5.83. The van der Waals surface area contributed by atoms with Gasteiger partial charge in [0.15, 0.2) is 0 Å². The Morgan fingerprint density at radius 3 is 3.00 bits per heavy atom. The SMILES string of the molecule is CNC(=O)ONC1=NCCCC1. The fourth-order valence-electron chi connectivity index (χ4n) is 0.937. The maximum Gasteiger partial charge on any atom is 0.431 e. The third-order valence-electron chi connectivity index (χ3n) is 1.59. The summed E-state index contributed by atoms with van der Waals surface area (Å²) >= 11 is 0. The van der Waals surface area contributed by atoms with E-state index in [4.69, 9.17) is 0 Å². The first-order valence-electron chi connectivity index (χ1n) is 4.01. The lowest BCUT2D eigenvalue weighted by Gasteiger charge is -2.12. The first-order chi connectivity index (χ1) is 5.83. The molecular formula is C7H13N3O2. The summed E-state index contributed by atoms with van der Waals surface area (Å²) in [6, 6.07) is 0. The second-order valence-electron chi connectivity index (χ2n) is 2.53. The van der Waals surface area contributed by atoms with Crippen molar-refractivity contribution < 1.29 is 9.63 Å². The van der Waals surface area contributed by atoms with Gasteiger partial charge in [0.2, 0.25) is 0 Å². The predicted octanol–water partition coefficient (Wildman–Crippen LogP) is 0.429. The number of hydrogen-bond donors (Lipinski definition) is 2. The van der Waals surface area contributed by atoms with Gasteiger partial charge in [0.25, 0.3) is 0 Å². The first-order valence-corrected chi connectivity index (χ1v) is 4.01. The molecule has 1 rings (SSSR count). The van der Waals surface area contributed by atoms with Crippen LogP contribution in [-0.2, 0) is 4.84 Å². The van der Waals surface area contributed by atoms with Crippen LogP contribution in [-0.4, -0.2) is 25.5 Å². The van der Waals surface area contributed by atoms with Crippen LogP contribution in [0, 0.1) is 0 Å². The molecule has 0 spiro atoms. The standard InChI is InChI=1S/C7H13N3O2/c1-8-7(11)12-10-6-4-2-3-5-9-6/h2-5H2,1H3,(H,8,11)(H,9,10). The molecule has 0 atom stereocenters. The van der Waals surface area contributed by atoms with E-state index in [0.29, 0.717) is 0 Å². The van der Waals surface area contributed by atoms with E-state index in [0.717, 1.165) is 31.6 Å². The predicted molar refractivity (Wildman–Crippen MR) is 44.8 cm³/mol. The van der Waals surface area contributed by atoms with Crippen molar-refractivity contribution in [3.63, 3.8) is 0 Å². The average molecular weight is 171 g/mol. The van der Waals surface area contributed by atoms with Gasteiger partial charge in [-0.3, -0.25) is 4.99 Å². The van der Waals surface area contributed by atoms with E-state index in [1.165, 1.54) is 7.05 Å². The van der Waals surface area contributed by atoms with Gasteiger partial charge in [0, 0.05) is 20.0 Å². The summed E-state index contributed by atoms with van der Waals surface area (Å²) in [4.78, 5) is 19.3. The molecule has 0 unspecified atom stereocenters. The van der Waals surface area contributed by atoms with Crippen LogP contribution in [0.15, 0.2) is 4.99 Å². The van der Waals surface area contributed by atoms with Gasteiger partial charge in [0.1, 0.15) is 5.84 Å². The molecule has 1 amide bonds. The Labute approximate surface area is 71.1 Å². The number of rotatable bonds is 0. The van der Waals surface area contributed by atoms with Crippen LogP contribution in [0.2, 0.25) is 0 Å². The van der Waals surface area contributed by atoms with Crippen molar-refractivity contribution in [3.05, 3.63) is 0 Å². The molecule has 1 aliphatic heterocycles. The van der Waals surface area contributed by atoms with Crippen LogP contribution < -0.4 is 10.8 Å². The Kier molecular flexibility index (Phi) is 3.37. The van der Waals surface area contributed by atoms with Gasteiger partial charge in [-0.25, -0.2) is 10.3 Å². The van der Waals surface area contributed by atoms with Crippen molar-refractivity contribution in [1.82, 2.24) is 10.8 Å². The maximum absolute atomic E-state index is 10.6. The minimum absolute atomic E-state index is 0.497. The van der Waals surface area contributed by atoms with Crippen molar-refractivity contribution in [2.45, 2.75) is 19.3 Å². The Bertz CT molecular complexity index is 191. The molecular weight excluding hydrogens is 158 g/mol. The molecule has 0 aromatic carbocycles. The van der Waals surface area contributed by atoms with Crippen molar-refractivity contribution in [3.8, 4) is 0 Å². The van der Waals surface area contributed by atoms with Crippen LogP contribution in [0.5, 0.6) is 0 Å². The minimum Gasteiger partial charge on any atom is -0.323 e. The molecule has 68 valence electrons. The molecule has 5 heteroatoms. The van der Waals surface area contributed by atoms with E-state index in [1.54, 1.807) is 0 Å². The summed E-state index contributed by atoms with van der Waals surface area (Å²) in [6.07, 6.45) is 2.58. The molecule has 0 aliphatic carbocycles. The fourth-order valence-corrected chi connectivity index (χ4v) is 0.937. The molecule has 0 aromatic heterocycles. The Hall–Kier alpha value is -1.26. The second-order valence-corrected chi connectivity index (χ2v) is 2.53. The molecule has 1 aliphatic rings. The molecule has 0 bridgehead atoms. The number of hydroxylamine groups is 1. The van der Waals surface area contributed by atoms with E-state index in [1.807, 2.05) is 0 Å². The Balaban J connectivity index is 2.21. The van der Waals surface area contributed by atoms with Crippen molar-refractivity contribution in [1.29, 1.82) is 0 Å².